The first kappa shape index (κ1) is 19.7. The Morgan fingerprint density at radius 1 is 1.36 bits per heavy atom. The highest BCUT2D eigenvalue weighted by Crippen LogP contribution is 2.44. The van der Waals surface area contributed by atoms with E-state index in [4.69, 9.17) is 4.74 Å². The predicted molar refractivity (Wildman–Crippen MR) is 112 cm³/mol. The van der Waals surface area contributed by atoms with Crippen molar-refractivity contribution in [2.24, 2.45) is 5.10 Å². The maximum atomic E-state index is 12.2. The zero-order valence-corrected chi connectivity index (χ0v) is 17.0. The van der Waals surface area contributed by atoms with Gasteiger partial charge in [-0.2, -0.15) is 5.10 Å². The van der Waals surface area contributed by atoms with Gasteiger partial charge in [0.2, 0.25) is 0 Å². The molecule has 1 atom stereocenters. The van der Waals surface area contributed by atoms with Crippen LogP contribution in [-0.2, 0) is 0 Å². The van der Waals surface area contributed by atoms with Gasteiger partial charge in [-0.1, -0.05) is 13.0 Å². The number of fused-ring (bicyclic) bond motifs is 1. The van der Waals surface area contributed by atoms with Crippen molar-refractivity contribution in [3.05, 3.63) is 53.1 Å². The molecule has 0 saturated carbocycles. The molecule has 1 aliphatic heterocycles. The van der Waals surface area contributed by atoms with E-state index < -0.39 is 0 Å². The highest BCUT2D eigenvalue weighted by Gasteiger charge is 2.34. The molecule has 1 aliphatic rings. The number of methoxy groups -OCH3 is 1. The van der Waals surface area contributed by atoms with E-state index in [0.717, 1.165) is 17.7 Å². The van der Waals surface area contributed by atoms with Crippen molar-refractivity contribution < 1.29 is 14.6 Å². The maximum Gasteiger partial charge on any atom is 0.271 e. The highest BCUT2D eigenvalue weighted by atomic mass is 16.5. The maximum absolute atomic E-state index is 12.2. The van der Waals surface area contributed by atoms with E-state index in [9.17, 15) is 9.90 Å². The monoisotopic (exact) mass is 381 g/mol. The van der Waals surface area contributed by atoms with Crippen molar-refractivity contribution in [1.82, 2.24) is 5.43 Å². The molecule has 28 heavy (non-hydrogen) atoms. The number of ether oxygens (including phenoxy) is 1. The second-order valence-electron chi connectivity index (χ2n) is 7.88. The Balaban J connectivity index is 1.85. The van der Waals surface area contributed by atoms with Gasteiger partial charge >= 0.3 is 0 Å². The third-order valence-electron chi connectivity index (χ3n) is 5.46. The minimum atomic E-state index is -0.390. The summed E-state index contributed by atoms with van der Waals surface area (Å²) in [7, 11) is 3.73. The average Bonchev–Trinajstić information content (AvgIpc) is 2.65. The summed E-state index contributed by atoms with van der Waals surface area (Å²) in [6.45, 7) is 6.71. The fraction of sp³-hybridized carbons (Fsp3) is 0.364. The number of hydrazone groups is 1. The third kappa shape index (κ3) is 3.81. The van der Waals surface area contributed by atoms with Gasteiger partial charge < -0.3 is 14.7 Å². The zero-order valence-electron chi connectivity index (χ0n) is 17.0. The van der Waals surface area contributed by atoms with E-state index in [-0.39, 0.29) is 17.2 Å². The van der Waals surface area contributed by atoms with E-state index >= 15 is 0 Å². The smallest absolute Gasteiger partial charge is 0.271 e. The third-order valence-corrected chi connectivity index (χ3v) is 5.46. The number of phenols is 1. The first-order valence-electron chi connectivity index (χ1n) is 9.31. The number of carbonyl (C=O) groups excluding carboxylic acids is 1. The fourth-order valence-corrected chi connectivity index (χ4v) is 3.76. The van der Waals surface area contributed by atoms with Crippen LogP contribution in [-0.4, -0.2) is 36.9 Å². The predicted octanol–water partition coefficient (Wildman–Crippen LogP) is 3.89. The van der Waals surface area contributed by atoms with Crippen LogP contribution in [0.5, 0.6) is 11.5 Å². The van der Waals surface area contributed by atoms with Crippen LogP contribution in [0.2, 0.25) is 0 Å². The van der Waals surface area contributed by atoms with E-state index in [1.165, 1.54) is 17.7 Å². The largest absolute Gasteiger partial charge is 0.508 e. The van der Waals surface area contributed by atoms with Crippen molar-refractivity contribution >= 4 is 17.8 Å². The van der Waals surface area contributed by atoms with Crippen molar-refractivity contribution in [3.63, 3.8) is 0 Å². The number of nitrogens with one attached hydrogen (secondary N) is 1. The first-order chi connectivity index (χ1) is 13.2. The molecular weight excluding hydrogens is 354 g/mol. The lowest BCUT2D eigenvalue weighted by molar-refractivity contribution is 0.0954. The molecule has 1 heterocycles. The number of anilines is 1. The zero-order chi connectivity index (χ0) is 20.5. The van der Waals surface area contributed by atoms with Gasteiger partial charge in [-0.05, 0) is 56.0 Å². The van der Waals surface area contributed by atoms with Gasteiger partial charge in [0, 0.05) is 35.5 Å². The molecule has 148 valence electrons. The van der Waals surface area contributed by atoms with Crippen LogP contribution >= 0.6 is 0 Å². The molecule has 2 aromatic carbocycles. The Morgan fingerprint density at radius 3 is 2.79 bits per heavy atom. The van der Waals surface area contributed by atoms with Gasteiger partial charge in [-0.3, -0.25) is 4.79 Å². The van der Waals surface area contributed by atoms with Crippen molar-refractivity contribution in [2.75, 3.05) is 19.1 Å². The fourth-order valence-electron chi connectivity index (χ4n) is 3.76. The topological polar surface area (TPSA) is 74.2 Å². The number of phenolic OH excluding ortho intramolecular Hbond substituents is 1. The Kier molecular flexibility index (Phi) is 5.31. The molecule has 0 radical (unpaired) electrons. The molecule has 0 spiro atoms. The van der Waals surface area contributed by atoms with Gasteiger partial charge in [-0.25, -0.2) is 5.43 Å². The molecule has 3 rings (SSSR count). The number of amides is 1. The number of rotatable bonds is 4. The van der Waals surface area contributed by atoms with Gasteiger partial charge in [0.15, 0.2) is 0 Å². The molecular formula is C22H27N3O3. The number of carbonyl (C=O) groups is 1. The number of benzene rings is 2. The Labute approximate surface area is 165 Å². The molecule has 0 aliphatic carbocycles. The van der Waals surface area contributed by atoms with Gasteiger partial charge in [0.1, 0.15) is 11.5 Å². The molecule has 2 N–H and O–H groups in total. The van der Waals surface area contributed by atoms with Crippen LogP contribution in [0.3, 0.4) is 0 Å². The average molecular weight is 381 g/mol. The van der Waals surface area contributed by atoms with Crippen LogP contribution in [0.1, 0.15) is 54.6 Å². The quantitative estimate of drug-likeness (QED) is 0.622. The summed E-state index contributed by atoms with van der Waals surface area (Å²) in [4.78, 5) is 14.5. The van der Waals surface area contributed by atoms with Crippen LogP contribution in [0.25, 0.3) is 0 Å². The van der Waals surface area contributed by atoms with Crippen LogP contribution < -0.4 is 15.1 Å². The number of nitrogens with zero attached hydrogens (tertiary/aromatic N) is 2. The summed E-state index contributed by atoms with van der Waals surface area (Å²) in [5.74, 6) is 0.750. The van der Waals surface area contributed by atoms with Crippen LogP contribution in [0, 0.1) is 0 Å². The second kappa shape index (κ2) is 7.54. The summed E-state index contributed by atoms with van der Waals surface area (Å²) in [5.41, 5.74) is 6.10. The molecule has 0 bridgehead atoms. The van der Waals surface area contributed by atoms with E-state index in [1.807, 2.05) is 6.07 Å². The molecule has 2 aromatic rings. The summed E-state index contributed by atoms with van der Waals surface area (Å²) >= 11 is 0. The lowest BCUT2D eigenvalue weighted by Crippen LogP contribution is -2.45. The van der Waals surface area contributed by atoms with E-state index in [2.05, 4.69) is 49.3 Å². The minimum absolute atomic E-state index is 0.0361. The molecule has 0 aromatic heterocycles. The Bertz CT molecular complexity index is 921. The van der Waals surface area contributed by atoms with Crippen molar-refractivity contribution in [2.45, 2.75) is 38.6 Å². The Morgan fingerprint density at radius 2 is 2.11 bits per heavy atom. The van der Waals surface area contributed by atoms with Crippen molar-refractivity contribution in [1.29, 1.82) is 0 Å². The van der Waals surface area contributed by atoms with Crippen LogP contribution in [0.4, 0.5) is 5.69 Å². The molecule has 0 saturated heterocycles. The normalized spacial score (nSPS) is 18.0. The standard InChI is InChI=1S/C22H27N3O3/c1-14-12-22(2,3)25(4)19-11-20(28-5)16(10-18(14)19)13-23-24-21(27)15-7-6-8-17(26)9-15/h6-11,13-14,26H,12H2,1-5H3,(H,24,27)/b23-13+. The number of hydrogen-bond donors (Lipinski definition) is 2. The lowest BCUT2D eigenvalue weighted by atomic mass is 9.80. The van der Waals surface area contributed by atoms with E-state index in [1.54, 1.807) is 25.5 Å². The van der Waals surface area contributed by atoms with Crippen LogP contribution in [0.15, 0.2) is 41.5 Å². The molecule has 1 unspecified atom stereocenters. The molecule has 1 amide bonds. The summed E-state index contributed by atoms with van der Waals surface area (Å²) in [6, 6.07) is 10.2. The van der Waals surface area contributed by atoms with Gasteiger partial charge in [0.25, 0.3) is 5.91 Å². The van der Waals surface area contributed by atoms with E-state index in [0.29, 0.717) is 17.2 Å². The van der Waals surface area contributed by atoms with Gasteiger partial charge in [0.05, 0.1) is 13.3 Å². The first-order valence-corrected chi connectivity index (χ1v) is 9.31. The SMILES string of the molecule is COc1cc2c(cc1/C=N/NC(=O)c1cccc(O)c1)C(C)CC(C)(C)N2C. The summed E-state index contributed by atoms with van der Waals surface area (Å²) in [6.07, 6.45) is 2.64. The summed E-state index contributed by atoms with van der Waals surface area (Å²) < 4.78 is 5.56. The summed E-state index contributed by atoms with van der Waals surface area (Å²) in [5, 5.41) is 13.6. The van der Waals surface area contributed by atoms with Gasteiger partial charge in [-0.15, -0.1) is 0 Å². The Hall–Kier alpha value is -3.02. The van der Waals surface area contributed by atoms with Crippen molar-refractivity contribution in [3.8, 4) is 11.5 Å². The highest BCUT2D eigenvalue weighted by molar-refractivity contribution is 5.95. The molecule has 0 fully saturated rings. The molecule has 6 heteroatoms. The minimum Gasteiger partial charge on any atom is -0.508 e. The second-order valence-corrected chi connectivity index (χ2v) is 7.88. The lowest BCUT2D eigenvalue weighted by Gasteiger charge is -2.45. The molecule has 6 nitrogen and oxygen atoms in total. The number of aromatic hydroxyl groups is 1. The number of hydrogen-bond acceptors (Lipinski definition) is 5.